The van der Waals surface area contributed by atoms with Crippen LogP contribution in [0.1, 0.15) is 81.3 Å². The van der Waals surface area contributed by atoms with Gasteiger partial charge in [0.2, 0.25) is 0 Å². The fraction of sp³-hybridized carbons (Fsp3) is 0.435. The molecule has 1 aromatic rings. The third-order valence-electron chi connectivity index (χ3n) is 4.50. The van der Waals surface area contributed by atoms with Crippen molar-refractivity contribution < 1.29 is 24.2 Å². The smallest absolute Gasteiger partial charge is 0.351 e. The van der Waals surface area contributed by atoms with Gasteiger partial charge < -0.3 is 14.6 Å². The number of rotatable bonds is 12. The van der Waals surface area contributed by atoms with Gasteiger partial charge in [-0.2, -0.15) is 0 Å². The van der Waals surface area contributed by atoms with Crippen LogP contribution in [0.3, 0.4) is 0 Å². The van der Waals surface area contributed by atoms with Crippen LogP contribution in [0.4, 0.5) is 0 Å². The van der Waals surface area contributed by atoms with E-state index < -0.39 is 23.1 Å². The molecule has 0 saturated carbocycles. The maximum absolute atomic E-state index is 12.5. The van der Waals surface area contributed by atoms with Crippen molar-refractivity contribution in [3.8, 4) is 5.75 Å². The number of Topliss-reactive ketones (excluding diaryl/α,β-unsaturated/α-hetero) is 1. The van der Waals surface area contributed by atoms with Crippen molar-refractivity contribution in [2.75, 3.05) is 0 Å². The van der Waals surface area contributed by atoms with Crippen LogP contribution in [0.5, 0.6) is 5.75 Å². The molecule has 0 bridgehead atoms. The molecule has 1 rings (SSSR count). The fourth-order valence-electron chi connectivity index (χ4n) is 2.72. The van der Waals surface area contributed by atoms with Crippen molar-refractivity contribution in [2.24, 2.45) is 0 Å². The molecular weight excluding hydrogens is 372 g/mol. The lowest BCUT2D eigenvalue weighted by molar-refractivity contribution is -0.131. The molecule has 0 saturated heterocycles. The molecule has 6 heteroatoms. The van der Waals surface area contributed by atoms with Gasteiger partial charge in [0.15, 0.2) is 5.78 Å². The number of aromatic hydroxyl groups is 1. The number of ketones is 1. The van der Waals surface area contributed by atoms with E-state index in [1.165, 1.54) is 12.1 Å². The Morgan fingerprint density at radius 3 is 2.55 bits per heavy atom. The van der Waals surface area contributed by atoms with Crippen LogP contribution in [0.15, 0.2) is 51.2 Å². The zero-order valence-electron chi connectivity index (χ0n) is 17.3. The van der Waals surface area contributed by atoms with E-state index in [1.807, 2.05) is 6.08 Å². The minimum Gasteiger partial charge on any atom is -0.507 e. The predicted molar refractivity (Wildman–Crippen MR) is 112 cm³/mol. The van der Waals surface area contributed by atoms with Gasteiger partial charge in [0.25, 0.3) is 0 Å². The zero-order valence-corrected chi connectivity index (χ0v) is 17.3. The van der Waals surface area contributed by atoms with Crippen molar-refractivity contribution >= 4 is 11.8 Å². The lowest BCUT2D eigenvalue weighted by Gasteiger charge is -2.10. The van der Waals surface area contributed by atoms with Gasteiger partial charge >= 0.3 is 11.6 Å². The van der Waals surface area contributed by atoms with Crippen molar-refractivity contribution in [3.05, 3.63) is 63.8 Å². The van der Waals surface area contributed by atoms with Crippen molar-refractivity contribution in [3.63, 3.8) is 0 Å². The first-order valence-corrected chi connectivity index (χ1v) is 9.92. The van der Waals surface area contributed by atoms with E-state index >= 15 is 0 Å². The van der Waals surface area contributed by atoms with Crippen LogP contribution in [0.25, 0.3) is 0 Å². The summed E-state index contributed by atoms with van der Waals surface area (Å²) in [7, 11) is 0. The lowest BCUT2D eigenvalue weighted by Crippen LogP contribution is -2.16. The van der Waals surface area contributed by atoms with Crippen LogP contribution in [0, 0.1) is 0 Å². The van der Waals surface area contributed by atoms with Gasteiger partial charge in [-0.05, 0) is 38.2 Å². The van der Waals surface area contributed by atoms with E-state index in [1.54, 1.807) is 26.0 Å². The summed E-state index contributed by atoms with van der Waals surface area (Å²) in [5, 5.41) is 18.8. The summed E-state index contributed by atoms with van der Waals surface area (Å²) in [6.45, 7) is 5.51. The molecule has 1 heterocycles. The summed E-state index contributed by atoms with van der Waals surface area (Å²) in [5.74, 6) is -1.97. The van der Waals surface area contributed by atoms with Crippen LogP contribution in [0.2, 0.25) is 0 Å². The Bertz CT molecular complexity index is 841. The van der Waals surface area contributed by atoms with Gasteiger partial charge in [0.05, 0.1) is 0 Å². The summed E-state index contributed by atoms with van der Waals surface area (Å²) in [6, 6.07) is 1.29. The summed E-state index contributed by atoms with van der Waals surface area (Å²) < 4.78 is 5.25. The third kappa shape index (κ3) is 8.34. The monoisotopic (exact) mass is 402 g/mol. The molecule has 29 heavy (non-hydrogen) atoms. The molecule has 0 aliphatic carbocycles. The van der Waals surface area contributed by atoms with Gasteiger partial charge in [0, 0.05) is 18.1 Å². The summed E-state index contributed by atoms with van der Waals surface area (Å²) in [5.41, 5.74) is -0.920. The Morgan fingerprint density at radius 2 is 1.93 bits per heavy atom. The van der Waals surface area contributed by atoms with Crippen molar-refractivity contribution in [1.82, 2.24) is 0 Å². The molecule has 158 valence electrons. The third-order valence-corrected chi connectivity index (χ3v) is 4.50. The number of unbranched alkanes of at least 4 members (excludes halogenated alkanes) is 3. The zero-order chi connectivity index (χ0) is 21.8. The minimum absolute atomic E-state index is 0.223. The number of hydrogen-bond donors (Lipinski definition) is 2. The van der Waals surface area contributed by atoms with Crippen LogP contribution >= 0.6 is 0 Å². The van der Waals surface area contributed by atoms with E-state index in [0.717, 1.165) is 31.8 Å². The first-order chi connectivity index (χ1) is 13.8. The predicted octanol–water partition coefficient (Wildman–Crippen LogP) is 5.14. The Hall–Kier alpha value is -2.89. The average Bonchev–Trinajstić information content (AvgIpc) is 2.66. The first-order valence-electron chi connectivity index (χ1n) is 9.92. The molecule has 0 aromatic carbocycles. The molecule has 1 unspecified atom stereocenters. The maximum atomic E-state index is 12.5. The van der Waals surface area contributed by atoms with Gasteiger partial charge in [-0.25, -0.2) is 9.59 Å². The van der Waals surface area contributed by atoms with Gasteiger partial charge in [-0.3, -0.25) is 4.79 Å². The van der Waals surface area contributed by atoms with Crippen LogP contribution in [-0.4, -0.2) is 22.0 Å². The quantitative estimate of drug-likeness (QED) is 0.217. The molecule has 0 radical (unpaired) electrons. The van der Waals surface area contributed by atoms with E-state index in [0.29, 0.717) is 18.4 Å². The largest absolute Gasteiger partial charge is 0.507 e. The summed E-state index contributed by atoms with van der Waals surface area (Å²) in [4.78, 5) is 35.3. The van der Waals surface area contributed by atoms with Crippen molar-refractivity contribution in [1.29, 1.82) is 0 Å². The summed E-state index contributed by atoms with van der Waals surface area (Å²) in [6.07, 6.45) is 13.3. The van der Waals surface area contributed by atoms with E-state index in [2.05, 4.69) is 6.92 Å². The molecular formula is C23H30O6. The molecule has 0 amide bonds. The average molecular weight is 402 g/mol. The van der Waals surface area contributed by atoms with E-state index in [4.69, 9.17) is 9.52 Å². The highest BCUT2D eigenvalue weighted by Gasteiger charge is 2.21. The second-order valence-corrected chi connectivity index (χ2v) is 7.02. The Labute approximate surface area is 171 Å². The molecule has 0 spiro atoms. The fourth-order valence-corrected chi connectivity index (χ4v) is 2.72. The molecule has 6 nitrogen and oxygen atoms in total. The van der Waals surface area contributed by atoms with Crippen LogP contribution < -0.4 is 5.63 Å². The Morgan fingerprint density at radius 1 is 1.21 bits per heavy atom. The molecule has 1 atom stereocenters. The van der Waals surface area contributed by atoms with E-state index in [-0.39, 0.29) is 17.2 Å². The van der Waals surface area contributed by atoms with Gasteiger partial charge in [-0.1, -0.05) is 51.0 Å². The number of carboxylic acids is 1. The number of carbonyl (C=O) groups is 2. The molecule has 1 aromatic heterocycles. The molecule has 0 fully saturated rings. The highest BCUT2D eigenvalue weighted by molar-refractivity contribution is 6.09. The van der Waals surface area contributed by atoms with Crippen LogP contribution in [-0.2, 0) is 4.79 Å². The standard InChI is InChI=1S/C23H30O6/c1-4-5-6-7-8-9-13-17(3)22(27)21-18(24)15-19(29-23(21)28)16(2)12-10-11-14-20(25)26/h8-9,11,13-16,24H,4-7,10,12H2,1-3H3,(H,25,26)/b9-8+,14-11+,17-13+. The normalized spacial score (nSPS) is 13.3. The topological polar surface area (TPSA) is 105 Å². The Kier molecular flexibility index (Phi) is 10.4. The molecule has 0 aliphatic rings. The van der Waals surface area contributed by atoms with Gasteiger partial charge in [0.1, 0.15) is 17.1 Å². The number of hydrogen-bond acceptors (Lipinski definition) is 5. The SMILES string of the molecule is CCCCC/C=C/C=C(\C)C(=O)c1c(O)cc(C(C)CC/C=C/C(=O)O)oc1=O. The number of aliphatic carboxylic acids is 1. The number of carboxylic acid groups (broad SMARTS) is 1. The second kappa shape index (κ2) is 12.5. The molecule has 0 aliphatic heterocycles. The van der Waals surface area contributed by atoms with E-state index in [9.17, 15) is 19.5 Å². The first kappa shape index (κ1) is 24.1. The van der Waals surface area contributed by atoms with Gasteiger partial charge in [-0.15, -0.1) is 0 Å². The van der Waals surface area contributed by atoms with Crippen molar-refractivity contribution in [2.45, 2.75) is 65.2 Å². The lowest BCUT2D eigenvalue weighted by atomic mass is 9.99. The number of carbonyl (C=O) groups excluding carboxylic acids is 1. The Balaban J connectivity index is 2.86. The summed E-state index contributed by atoms with van der Waals surface area (Å²) >= 11 is 0. The minimum atomic E-state index is -1.02. The highest BCUT2D eigenvalue weighted by atomic mass is 16.4. The second-order valence-electron chi connectivity index (χ2n) is 7.02. The number of allylic oxidation sites excluding steroid dienone is 5. The highest BCUT2D eigenvalue weighted by Crippen LogP contribution is 2.25. The maximum Gasteiger partial charge on any atom is 0.351 e. The molecule has 2 N–H and O–H groups in total.